The van der Waals surface area contributed by atoms with Gasteiger partial charge in [-0.1, -0.05) is 23.5 Å². The number of hydrogen-bond acceptors (Lipinski definition) is 6. The van der Waals surface area contributed by atoms with Gasteiger partial charge >= 0.3 is 5.97 Å². The van der Waals surface area contributed by atoms with E-state index < -0.39 is 17.8 Å². The summed E-state index contributed by atoms with van der Waals surface area (Å²) in [5.41, 5.74) is 4.05. The molecule has 6 rings (SSSR count). The minimum Gasteiger partial charge on any atom is -0.481 e. The van der Waals surface area contributed by atoms with Crippen LogP contribution in [-0.2, 0) is 9.59 Å². The number of carbonyl (C=O) groups is 2. The third kappa shape index (κ3) is 4.27. The fraction of sp³-hybridized carbons (Fsp3) is 0.370. The third-order valence-electron chi connectivity index (χ3n) is 7.54. The van der Waals surface area contributed by atoms with E-state index in [0.29, 0.717) is 5.13 Å². The van der Waals surface area contributed by atoms with Gasteiger partial charge in [-0.05, 0) is 80.0 Å². The number of hydrogen-bond donors (Lipinski definition) is 3. The number of carboxylic acid groups (broad SMARTS) is 1. The van der Waals surface area contributed by atoms with Crippen molar-refractivity contribution in [2.45, 2.75) is 25.7 Å². The van der Waals surface area contributed by atoms with E-state index in [9.17, 15) is 14.7 Å². The minimum absolute atomic E-state index is 0.00687. The summed E-state index contributed by atoms with van der Waals surface area (Å²) in [5.74, 6) is -2.40. The summed E-state index contributed by atoms with van der Waals surface area (Å²) in [6, 6.07) is 14.5. The first kappa shape index (κ1) is 22.1. The number of carboxylic acids is 1. The molecular weight excluding hydrogens is 460 g/mol. The molecule has 1 aromatic heterocycles. The monoisotopic (exact) mass is 488 g/mol. The zero-order valence-corrected chi connectivity index (χ0v) is 20.1. The number of nitrogens with zero attached hydrogens (tertiary/aromatic N) is 2. The van der Waals surface area contributed by atoms with Crippen molar-refractivity contribution in [1.82, 2.24) is 4.98 Å². The van der Waals surface area contributed by atoms with Gasteiger partial charge < -0.3 is 20.6 Å². The summed E-state index contributed by atoms with van der Waals surface area (Å²) >= 11 is 1.40. The number of aromatic nitrogens is 1. The molecular formula is C27H28N4O3S. The van der Waals surface area contributed by atoms with Crippen LogP contribution >= 0.6 is 11.3 Å². The molecule has 0 spiro atoms. The molecule has 2 bridgehead atoms. The molecule has 2 fully saturated rings. The average molecular weight is 489 g/mol. The normalized spacial score (nSPS) is 25.2. The lowest BCUT2D eigenvalue weighted by molar-refractivity contribution is -0.146. The minimum atomic E-state index is -0.897. The Morgan fingerprint density at radius 2 is 1.66 bits per heavy atom. The van der Waals surface area contributed by atoms with Gasteiger partial charge in [0.05, 0.1) is 22.1 Å². The molecule has 0 radical (unpaired) electrons. The summed E-state index contributed by atoms with van der Waals surface area (Å²) < 4.78 is 0.956. The highest BCUT2D eigenvalue weighted by atomic mass is 32.1. The van der Waals surface area contributed by atoms with Crippen LogP contribution in [0.25, 0.3) is 10.2 Å². The van der Waals surface area contributed by atoms with Crippen molar-refractivity contribution >= 4 is 55.6 Å². The first-order chi connectivity index (χ1) is 17.0. The molecule has 8 heteroatoms. The Morgan fingerprint density at radius 1 is 0.943 bits per heavy atom. The largest absolute Gasteiger partial charge is 0.481 e. The van der Waals surface area contributed by atoms with Gasteiger partial charge in [-0.2, -0.15) is 0 Å². The van der Waals surface area contributed by atoms with Crippen molar-refractivity contribution in [3.05, 3.63) is 54.6 Å². The van der Waals surface area contributed by atoms with Gasteiger partial charge in [0.25, 0.3) is 0 Å². The molecule has 4 atom stereocenters. The number of aliphatic carboxylic acids is 1. The number of rotatable bonds is 6. The first-order valence-corrected chi connectivity index (χ1v) is 13.1. The van der Waals surface area contributed by atoms with Crippen molar-refractivity contribution in [1.29, 1.82) is 0 Å². The van der Waals surface area contributed by atoms with E-state index in [1.165, 1.54) is 36.3 Å². The highest BCUT2D eigenvalue weighted by Gasteiger charge is 2.51. The molecule has 7 nitrogen and oxygen atoms in total. The van der Waals surface area contributed by atoms with Gasteiger partial charge in [0, 0.05) is 30.2 Å². The molecule has 2 aliphatic carbocycles. The number of benzene rings is 2. The lowest BCUT2D eigenvalue weighted by Crippen LogP contribution is -2.36. The van der Waals surface area contributed by atoms with Gasteiger partial charge in [0.15, 0.2) is 5.13 Å². The predicted molar refractivity (Wildman–Crippen MR) is 139 cm³/mol. The van der Waals surface area contributed by atoms with Crippen molar-refractivity contribution in [3.8, 4) is 0 Å². The number of allylic oxidation sites excluding steroid dienone is 2. The van der Waals surface area contributed by atoms with Crippen LogP contribution < -0.4 is 15.5 Å². The molecule has 3 aliphatic rings. The second-order valence-corrected chi connectivity index (χ2v) is 10.8. The van der Waals surface area contributed by atoms with E-state index in [1.54, 1.807) is 0 Å². The third-order valence-corrected chi connectivity index (χ3v) is 8.48. The molecule has 1 saturated heterocycles. The zero-order valence-electron chi connectivity index (χ0n) is 19.3. The molecule has 35 heavy (non-hydrogen) atoms. The van der Waals surface area contributed by atoms with Crippen LogP contribution in [0.2, 0.25) is 0 Å². The van der Waals surface area contributed by atoms with Crippen LogP contribution in [0.3, 0.4) is 0 Å². The van der Waals surface area contributed by atoms with Gasteiger partial charge in [-0.25, -0.2) is 4.98 Å². The van der Waals surface area contributed by atoms with Crippen LogP contribution in [0.5, 0.6) is 0 Å². The quantitative estimate of drug-likeness (QED) is 0.397. The van der Waals surface area contributed by atoms with Crippen LogP contribution in [0.15, 0.2) is 54.6 Å². The Bertz CT molecular complexity index is 1300. The first-order valence-electron chi connectivity index (χ1n) is 12.3. The van der Waals surface area contributed by atoms with E-state index in [4.69, 9.17) is 0 Å². The number of carbonyl (C=O) groups excluding carboxylic acids is 1. The topological polar surface area (TPSA) is 94.6 Å². The molecule has 1 saturated carbocycles. The van der Waals surface area contributed by atoms with Crippen LogP contribution in [0, 0.1) is 23.7 Å². The molecule has 3 aromatic rings. The smallest absolute Gasteiger partial charge is 0.307 e. The van der Waals surface area contributed by atoms with E-state index >= 15 is 0 Å². The van der Waals surface area contributed by atoms with E-state index in [0.717, 1.165) is 41.1 Å². The maximum absolute atomic E-state index is 13.0. The van der Waals surface area contributed by atoms with Gasteiger partial charge in [-0.15, -0.1) is 0 Å². The van der Waals surface area contributed by atoms with Crippen LogP contribution in [0.4, 0.5) is 22.2 Å². The van der Waals surface area contributed by atoms with Crippen LogP contribution in [0.1, 0.15) is 25.7 Å². The van der Waals surface area contributed by atoms with Crippen molar-refractivity contribution in [2.24, 2.45) is 23.7 Å². The maximum Gasteiger partial charge on any atom is 0.307 e. The molecule has 1 amide bonds. The molecule has 3 N–H and O–H groups in total. The van der Waals surface area contributed by atoms with Crippen molar-refractivity contribution < 1.29 is 14.7 Å². The van der Waals surface area contributed by atoms with Crippen molar-refractivity contribution in [2.75, 3.05) is 28.6 Å². The number of nitrogens with one attached hydrogen (secondary N) is 2. The number of anilines is 4. The number of thiazole rings is 1. The fourth-order valence-corrected chi connectivity index (χ4v) is 6.74. The zero-order chi connectivity index (χ0) is 23.9. The van der Waals surface area contributed by atoms with E-state index in [1.807, 2.05) is 30.4 Å². The summed E-state index contributed by atoms with van der Waals surface area (Å²) in [6.45, 7) is 2.26. The predicted octanol–water partition coefficient (Wildman–Crippen LogP) is 5.49. The van der Waals surface area contributed by atoms with Gasteiger partial charge in [-0.3, -0.25) is 9.59 Å². The Hall–Kier alpha value is -3.39. The molecule has 4 unspecified atom stereocenters. The standard InChI is InChI=1S/C27H28N4O3S/c32-25(23-16-4-5-17(14-16)24(23)26(33)34)30-27-29-21-11-8-19(15-22(21)35-27)28-18-6-9-20(10-7-18)31-12-2-1-3-13-31/h4-11,15-17,23-24,28H,1-3,12-14H2,(H,33,34)(H,29,30,32). The lowest BCUT2D eigenvalue weighted by Gasteiger charge is -2.28. The molecule has 2 aromatic carbocycles. The second kappa shape index (κ2) is 9.00. The highest BCUT2D eigenvalue weighted by Crippen LogP contribution is 2.48. The molecule has 1 aliphatic heterocycles. The molecule has 2 heterocycles. The maximum atomic E-state index is 13.0. The van der Waals surface area contributed by atoms with E-state index in [2.05, 4.69) is 44.8 Å². The highest BCUT2D eigenvalue weighted by molar-refractivity contribution is 7.22. The Balaban J connectivity index is 1.14. The fourth-order valence-electron chi connectivity index (χ4n) is 5.84. The molecule has 180 valence electrons. The summed E-state index contributed by atoms with van der Waals surface area (Å²) in [6.07, 6.45) is 8.52. The summed E-state index contributed by atoms with van der Waals surface area (Å²) in [5, 5.41) is 16.5. The Labute approximate surface area is 207 Å². The van der Waals surface area contributed by atoms with E-state index in [-0.39, 0.29) is 17.7 Å². The average Bonchev–Trinajstić information content (AvgIpc) is 3.59. The van der Waals surface area contributed by atoms with Crippen molar-refractivity contribution in [3.63, 3.8) is 0 Å². The summed E-state index contributed by atoms with van der Waals surface area (Å²) in [4.78, 5) is 31.7. The number of fused-ring (bicyclic) bond motifs is 3. The lowest BCUT2D eigenvalue weighted by atomic mass is 9.82. The summed E-state index contributed by atoms with van der Waals surface area (Å²) in [7, 11) is 0. The van der Waals surface area contributed by atoms with Gasteiger partial charge in [0.1, 0.15) is 0 Å². The Morgan fingerprint density at radius 3 is 2.40 bits per heavy atom. The second-order valence-electron chi connectivity index (χ2n) is 9.75. The number of piperidine rings is 1. The number of amides is 1. The van der Waals surface area contributed by atoms with Crippen LogP contribution in [-0.4, -0.2) is 35.1 Å². The Kier molecular flexibility index (Phi) is 5.68. The van der Waals surface area contributed by atoms with Gasteiger partial charge in [0.2, 0.25) is 5.91 Å². The SMILES string of the molecule is O=C(O)C1C2C=CC(C2)C1C(=O)Nc1nc2ccc(Nc3ccc(N4CCCCC4)cc3)cc2s1.